The van der Waals surface area contributed by atoms with Crippen molar-refractivity contribution in [3.63, 3.8) is 0 Å². The molecule has 0 aliphatic rings. The lowest BCUT2D eigenvalue weighted by Crippen LogP contribution is -2.43. The Kier molecular flexibility index (Phi) is 7.07. The Hall–Kier alpha value is -2.76. The standard InChI is InChI=1S/C19H23FN2O3/c1-14(11-15-5-3-7-17(12-15)24-2)22-19(23)21-9-10-25-18-8-4-6-16(20)13-18/h3-8,12-14H,9-11H2,1-2H3,(H2,21,22,23). The highest BCUT2D eigenvalue weighted by Crippen LogP contribution is 2.14. The average Bonchev–Trinajstić information content (AvgIpc) is 2.59. The zero-order chi connectivity index (χ0) is 18.1. The fraction of sp³-hybridized carbons (Fsp3) is 0.316. The van der Waals surface area contributed by atoms with Crippen LogP contribution in [0.15, 0.2) is 48.5 Å². The summed E-state index contributed by atoms with van der Waals surface area (Å²) in [6, 6.07) is 13.3. The Morgan fingerprint density at radius 2 is 1.92 bits per heavy atom. The molecule has 0 saturated carbocycles. The Bertz CT molecular complexity index is 694. The molecule has 0 spiro atoms. The van der Waals surface area contributed by atoms with E-state index in [-0.39, 0.29) is 24.5 Å². The van der Waals surface area contributed by atoms with Gasteiger partial charge in [0.05, 0.1) is 13.7 Å². The molecule has 2 amide bonds. The number of nitrogens with one attached hydrogen (secondary N) is 2. The van der Waals surface area contributed by atoms with Crippen molar-refractivity contribution in [2.24, 2.45) is 0 Å². The molecular weight excluding hydrogens is 323 g/mol. The van der Waals surface area contributed by atoms with E-state index in [0.717, 1.165) is 11.3 Å². The molecule has 0 aliphatic heterocycles. The Labute approximate surface area is 147 Å². The summed E-state index contributed by atoms with van der Waals surface area (Å²) in [5, 5.41) is 5.58. The highest BCUT2D eigenvalue weighted by molar-refractivity contribution is 5.74. The molecular formula is C19H23FN2O3. The molecule has 5 nitrogen and oxygen atoms in total. The van der Waals surface area contributed by atoms with E-state index in [0.29, 0.717) is 18.7 Å². The molecule has 0 fully saturated rings. The van der Waals surface area contributed by atoms with E-state index in [9.17, 15) is 9.18 Å². The fourth-order valence-corrected chi connectivity index (χ4v) is 2.37. The van der Waals surface area contributed by atoms with Crippen molar-refractivity contribution in [3.8, 4) is 11.5 Å². The monoisotopic (exact) mass is 346 g/mol. The molecule has 0 aliphatic carbocycles. The van der Waals surface area contributed by atoms with Crippen LogP contribution < -0.4 is 20.1 Å². The van der Waals surface area contributed by atoms with Gasteiger partial charge in [-0.1, -0.05) is 18.2 Å². The van der Waals surface area contributed by atoms with Gasteiger partial charge in [0.25, 0.3) is 0 Å². The first-order chi connectivity index (χ1) is 12.1. The van der Waals surface area contributed by atoms with Gasteiger partial charge in [0.15, 0.2) is 0 Å². The van der Waals surface area contributed by atoms with Gasteiger partial charge < -0.3 is 20.1 Å². The molecule has 134 valence electrons. The maximum Gasteiger partial charge on any atom is 0.315 e. The number of hydrogen-bond donors (Lipinski definition) is 2. The number of rotatable bonds is 8. The highest BCUT2D eigenvalue weighted by atomic mass is 19.1. The summed E-state index contributed by atoms with van der Waals surface area (Å²) in [7, 11) is 1.63. The predicted molar refractivity (Wildman–Crippen MR) is 94.6 cm³/mol. The number of methoxy groups -OCH3 is 1. The van der Waals surface area contributed by atoms with Crippen molar-refractivity contribution < 1.29 is 18.7 Å². The Balaban J connectivity index is 1.67. The quantitative estimate of drug-likeness (QED) is 0.722. The maximum atomic E-state index is 13.0. The minimum atomic E-state index is -0.352. The number of halogens is 1. The van der Waals surface area contributed by atoms with E-state index in [4.69, 9.17) is 9.47 Å². The molecule has 25 heavy (non-hydrogen) atoms. The van der Waals surface area contributed by atoms with E-state index in [1.54, 1.807) is 19.2 Å². The molecule has 1 unspecified atom stereocenters. The molecule has 2 aromatic carbocycles. The number of carbonyl (C=O) groups excluding carboxylic acids is 1. The zero-order valence-corrected chi connectivity index (χ0v) is 14.4. The lowest BCUT2D eigenvalue weighted by molar-refractivity contribution is 0.233. The van der Waals surface area contributed by atoms with E-state index in [2.05, 4.69) is 10.6 Å². The minimum absolute atomic E-state index is 0.0313. The molecule has 2 aromatic rings. The highest BCUT2D eigenvalue weighted by Gasteiger charge is 2.08. The van der Waals surface area contributed by atoms with E-state index in [1.807, 2.05) is 31.2 Å². The lowest BCUT2D eigenvalue weighted by atomic mass is 10.1. The van der Waals surface area contributed by atoms with Crippen molar-refractivity contribution in [2.75, 3.05) is 20.3 Å². The van der Waals surface area contributed by atoms with Crippen molar-refractivity contribution in [2.45, 2.75) is 19.4 Å². The molecule has 6 heteroatoms. The predicted octanol–water partition coefficient (Wildman–Crippen LogP) is 3.14. The summed E-state index contributed by atoms with van der Waals surface area (Å²) in [4.78, 5) is 11.9. The average molecular weight is 346 g/mol. The van der Waals surface area contributed by atoms with Crippen LogP contribution in [0.1, 0.15) is 12.5 Å². The fourth-order valence-electron chi connectivity index (χ4n) is 2.37. The van der Waals surface area contributed by atoms with Crippen LogP contribution in [0.2, 0.25) is 0 Å². The number of carbonyl (C=O) groups is 1. The van der Waals surface area contributed by atoms with E-state index < -0.39 is 0 Å². The second kappa shape index (κ2) is 9.52. The Morgan fingerprint density at radius 3 is 2.68 bits per heavy atom. The van der Waals surface area contributed by atoms with Crippen LogP contribution in [0.4, 0.5) is 9.18 Å². The minimum Gasteiger partial charge on any atom is -0.497 e. The number of benzene rings is 2. The van der Waals surface area contributed by atoms with Gasteiger partial charge >= 0.3 is 6.03 Å². The third-order valence-electron chi connectivity index (χ3n) is 3.51. The van der Waals surface area contributed by atoms with Crippen molar-refractivity contribution in [1.29, 1.82) is 0 Å². The molecule has 1 atom stereocenters. The van der Waals surface area contributed by atoms with E-state index in [1.165, 1.54) is 12.1 Å². The molecule has 2 rings (SSSR count). The molecule has 0 heterocycles. The van der Waals surface area contributed by atoms with Crippen molar-refractivity contribution >= 4 is 6.03 Å². The van der Waals surface area contributed by atoms with Gasteiger partial charge in [-0.15, -0.1) is 0 Å². The summed E-state index contributed by atoms with van der Waals surface area (Å²) in [6.45, 7) is 2.53. The smallest absolute Gasteiger partial charge is 0.315 e. The van der Waals surface area contributed by atoms with Crippen LogP contribution in [-0.2, 0) is 6.42 Å². The Morgan fingerprint density at radius 1 is 1.16 bits per heavy atom. The van der Waals surface area contributed by atoms with Gasteiger partial charge in [0.2, 0.25) is 0 Å². The number of urea groups is 1. The van der Waals surface area contributed by atoms with Crippen LogP contribution in [0, 0.1) is 5.82 Å². The summed E-state index contributed by atoms with van der Waals surface area (Å²) >= 11 is 0. The van der Waals surface area contributed by atoms with Crippen LogP contribution >= 0.6 is 0 Å². The number of ether oxygens (including phenoxy) is 2. The second-order valence-electron chi connectivity index (χ2n) is 5.66. The SMILES string of the molecule is COc1cccc(CC(C)NC(=O)NCCOc2cccc(F)c2)c1. The van der Waals surface area contributed by atoms with Gasteiger partial charge in [-0.25, -0.2) is 9.18 Å². The van der Waals surface area contributed by atoms with Crippen molar-refractivity contribution in [1.82, 2.24) is 10.6 Å². The molecule has 2 N–H and O–H groups in total. The van der Waals surface area contributed by atoms with Gasteiger partial charge in [-0.2, -0.15) is 0 Å². The van der Waals surface area contributed by atoms with Gasteiger partial charge in [0.1, 0.15) is 23.9 Å². The number of amides is 2. The first-order valence-electron chi connectivity index (χ1n) is 8.12. The third kappa shape index (κ3) is 6.71. The zero-order valence-electron chi connectivity index (χ0n) is 14.4. The van der Waals surface area contributed by atoms with Gasteiger partial charge in [-0.3, -0.25) is 0 Å². The van der Waals surface area contributed by atoms with Crippen molar-refractivity contribution in [3.05, 3.63) is 59.9 Å². The molecule has 0 aromatic heterocycles. The summed E-state index contributed by atoms with van der Waals surface area (Å²) < 4.78 is 23.6. The molecule has 0 bridgehead atoms. The number of hydrogen-bond acceptors (Lipinski definition) is 3. The summed E-state index contributed by atoms with van der Waals surface area (Å²) in [5.41, 5.74) is 1.08. The van der Waals surface area contributed by atoms with Crippen LogP contribution in [0.25, 0.3) is 0 Å². The normalized spacial score (nSPS) is 11.5. The second-order valence-corrected chi connectivity index (χ2v) is 5.66. The van der Waals surface area contributed by atoms with Crippen LogP contribution in [-0.4, -0.2) is 32.3 Å². The van der Waals surface area contributed by atoms with Crippen LogP contribution in [0.3, 0.4) is 0 Å². The van der Waals surface area contributed by atoms with Gasteiger partial charge in [-0.05, 0) is 43.2 Å². The molecule has 0 radical (unpaired) electrons. The topological polar surface area (TPSA) is 59.6 Å². The summed E-state index contributed by atoms with van der Waals surface area (Å²) in [6.07, 6.45) is 0.699. The largest absolute Gasteiger partial charge is 0.497 e. The van der Waals surface area contributed by atoms with Gasteiger partial charge in [0, 0.05) is 12.1 Å². The first kappa shape index (κ1) is 18.6. The third-order valence-corrected chi connectivity index (χ3v) is 3.51. The van der Waals surface area contributed by atoms with E-state index >= 15 is 0 Å². The summed E-state index contributed by atoms with van der Waals surface area (Å²) in [5.74, 6) is 0.881. The lowest BCUT2D eigenvalue weighted by Gasteiger charge is -2.15. The molecule has 0 saturated heterocycles. The maximum absolute atomic E-state index is 13.0. The first-order valence-corrected chi connectivity index (χ1v) is 8.12. The van der Waals surface area contributed by atoms with Crippen LogP contribution in [0.5, 0.6) is 11.5 Å².